The molecule has 0 fully saturated rings. The molecule has 0 aromatic rings. The van der Waals surface area contributed by atoms with Crippen LogP contribution < -0.4 is 0 Å². The van der Waals surface area contributed by atoms with Gasteiger partial charge in [0, 0.05) is 1.37 Å². The number of allylic oxidation sites excluding steroid dienone is 2. The van der Waals surface area contributed by atoms with Crippen LogP contribution in [0.4, 0.5) is 0 Å². The lowest BCUT2D eigenvalue weighted by Gasteiger charge is -2.05. The molecule has 0 aliphatic heterocycles. The minimum absolute atomic E-state index is 0.0606. The molecule has 1 aliphatic rings. The summed E-state index contributed by atoms with van der Waals surface area (Å²) in [6.07, 6.45) is 5.28. The van der Waals surface area contributed by atoms with Crippen molar-refractivity contribution >= 4 is 0 Å². The molecule has 1 heteroatoms. The van der Waals surface area contributed by atoms with Crippen molar-refractivity contribution in [1.82, 2.24) is 0 Å². The van der Waals surface area contributed by atoms with Crippen molar-refractivity contribution in [2.75, 3.05) is 0 Å². The van der Waals surface area contributed by atoms with Crippen molar-refractivity contribution in [3.8, 4) is 6.07 Å². The molecular weight excluding hydrogens is 98.1 g/mol. The predicted molar refractivity (Wildman–Crippen MR) is 32.1 cm³/mol. The highest BCUT2D eigenvalue weighted by Gasteiger charge is 2.04. The van der Waals surface area contributed by atoms with Crippen LogP contribution in [0.1, 0.15) is 20.6 Å². The highest BCUT2D eigenvalue weighted by molar-refractivity contribution is 5.02. The lowest BCUT2D eigenvalue weighted by atomic mass is 9.98. The molecule has 0 saturated carbocycles. The molecule has 0 N–H and O–H groups in total. The van der Waals surface area contributed by atoms with E-state index < -0.39 is 0 Å². The lowest BCUT2D eigenvalue weighted by molar-refractivity contribution is 0.640. The number of hydrogen-bond donors (Lipinski definition) is 0. The van der Waals surface area contributed by atoms with E-state index in [2.05, 4.69) is 6.07 Å². The summed E-state index contributed by atoms with van der Waals surface area (Å²) in [6, 6.07) is 2.15. The zero-order valence-corrected chi connectivity index (χ0v) is 4.67. The van der Waals surface area contributed by atoms with Crippen LogP contribution in [0.5, 0.6) is 0 Å². The molecule has 0 heterocycles. The van der Waals surface area contributed by atoms with Crippen LogP contribution in [0.25, 0.3) is 0 Å². The zero-order chi connectivity index (χ0) is 6.69. The fourth-order valence-corrected chi connectivity index (χ4v) is 0.789. The molecule has 0 bridgehead atoms. The van der Waals surface area contributed by atoms with E-state index in [-0.39, 0.29) is 12.3 Å². The number of nitrogens with zero attached hydrogens (tertiary/aromatic N) is 1. The Labute approximate surface area is 51.0 Å². The second kappa shape index (κ2) is 2.52. The number of rotatable bonds is 0. The van der Waals surface area contributed by atoms with Crippen molar-refractivity contribution in [2.24, 2.45) is 5.92 Å². The van der Waals surface area contributed by atoms with Crippen molar-refractivity contribution in [3.63, 3.8) is 0 Å². The molecule has 0 amide bonds. The third-order valence-electron chi connectivity index (χ3n) is 1.29. The third-order valence-corrected chi connectivity index (χ3v) is 1.29. The Morgan fingerprint density at radius 2 is 2.75 bits per heavy atom. The van der Waals surface area contributed by atoms with Crippen molar-refractivity contribution < 1.29 is 1.37 Å². The van der Waals surface area contributed by atoms with Gasteiger partial charge < -0.3 is 0 Å². The van der Waals surface area contributed by atoms with Gasteiger partial charge in [0.15, 0.2) is 0 Å². The van der Waals surface area contributed by atoms with Gasteiger partial charge in [-0.3, -0.25) is 0 Å². The highest BCUT2D eigenvalue weighted by Crippen LogP contribution is 2.14. The van der Waals surface area contributed by atoms with E-state index in [9.17, 15) is 0 Å². The van der Waals surface area contributed by atoms with Gasteiger partial charge in [-0.25, -0.2) is 0 Å². The molecule has 2 atom stereocenters. The average Bonchev–Trinajstić information content (AvgIpc) is 1.90. The highest BCUT2D eigenvalue weighted by atomic mass is 14.3. The van der Waals surface area contributed by atoms with Crippen LogP contribution in [0, 0.1) is 17.2 Å². The molecule has 1 rings (SSSR count). The Balaban J connectivity index is 2.50. The first-order valence-corrected chi connectivity index (χ1v) is 2.83. The van der Waals surface area contributed by atoms with E-state index in [0.29, 0.717) is 0 Å². The van der Waals surface area contributed by atoms with Crippen LogP contribution in [-0.2, 0) is 0 Å². The summed E-state index contributed by atoms with van der Waals surface area (Å²) in [6.45, 7) is 0. The van der Waals surface area contributed by atoms with Crippen molar-refractivity contribution in [1.29, 1.82) is 5.26 Å². The average molecular weight is 108 g/mol. The quantitative estimate of drug-likeness (QED) is 0.434. The van der Waals surface area contributed by atoms with E-state index in [1.807, 2.05) is 6.08 Å². The fraction of sp³-hybridized carbons (Fsp3) is 0.571. The molecule has 0 aromatic carbocycles. The fourth-order valence-electron chi connectivity index (χ4n) is 0.789. The molecule has 1 aliphatic carbocycles. The molecule has 0 saturated heterocycles. The van der Waals surface area contributed by atoms with Crippen LogP contribution in [0.3, 0.4) is 0 Å². The van der Waals surface area contributed by atoms with Gasteiger partial charge in [-0.1, -0.05) is 12.2 Å². The van der Waals surface area contributed by atoms with E-state index in [1.165, 1.54) is 0 Å². The molecule has 0 unspecified atom stereocenters. The van der Waals surface area contributed by atoms with E-state index >= 15 is 0 Å². The minimum Gasteiger partial charge on any atom is -0.198 e. The lowest BCUT2D eigenvalue weighted by Crippen LogP contribution is -1.95. The summed E-state index contributed by atoms with van der Waals surface area (Å²) in [5.74, 6) is 0.0756. The van der Waals surface area contributed by atoms with Crippen LogP contribution >= 0.6 is 0 Å². The molecule has 8 heavy (non-hydrogen) atoms. The standard InChI is InChI=1S/C7H9N/c8-6-7-4-2-1-3-5-7/h2,4,7H,1,3,5H2/t7-/m0/s1/i1D/t1-,7+/m1. The predicted octanol–water partition coefficient (Wildman–Crippen LogP) is 1.87. The number of hydrogen-bond acceptors (Lipinski definition) is 1. The van der Waals surface area contributed by atoms with E-state index in [1.54, 1.807) is 6.08 Å². The van der Waals surface area contributed by atoms with Gasteiger partial charge in [0.2, 0.25) is 0 Å². The topological polar surface area (TPSA) is 23.8 Å². The summed E-state index contributed by atoms with van der Waals surface area (Å²) in [5.41, 5.74) is 0. The third kappa shape index (κ3) is 1.10. The smallest absolute Gasteiger partial charge is 0.0697 e. The second-order valence-corrected chi connectivity index (χ2v) is 1.93. The van der Waals surface area contributed by atoms with Crippen LogP contribution in [-0.4, -0.2) is 0 Å². The van der Waals surface area contributed by atoms with Gasteiger partial charge in [0.05, 0.1) is 12.0 Å². The maximum atomic E-state index is 8.41. The summed E-state index contributed by atoms with van der Waals surface area (Å²) in [5, 5.41) is 8.41. The van der Waals surface area contributed by atoms with Crippen LogP contribution in [0.15, 0.2) is 12.2 Å². The number of nitriles is 1. The Kier molecular flexibility index (Phi) is 1.30. The van der Waals surface area contributed by atoms with Gasteiger partial charge in [-0.05, 0) is 19.2 Å². The minimum atomic E-state index is -0.0606. The van der Waals surface area contributed by atoms with Crippen molar-refractivity contribution in [3.05, 3.63) is 12.2 Å². The summed E-state index contributed by atoms with van der Waals surface area (Å²) in [7, 11) is 0. The molecule has 0 spiro atoms. The Bertz CT molecular complexity index is 157. The van der Waals surface area contributed by atoms with Crippen LogP contribution in [0.2, 0.25) is 0 Å². The van der Waals surface area contributed by atoms with E-state index in [4.69, 9.17) is 6.63 Å². The SMILES string of the molecule is [2H][C@@H]1C=C[C@H](C#N)CC1. The van der Waals surface area contributed by atoms with Crippen molar-refractivity contribution in [2.45, 2.75) is 19.2 Å². The zero-order valence-electron chi connectivity index (χ0n) is 5.67. The summed E-state index contributed by atoms with van der Waals surface area (Å²) >= 11 is 0. The van der Waals surface area contributed by atoms with Gasteiger partial charge in [-0.2, -0.15) is 5.26 Å². The summed E-state index contributed by atoms with van der Waals surface area (Å²) < 4.78 is 7.24. The Morgan fingerprint density at radius 1 is 1.88 bits per heavy atom. The maximum absolute atomic E-state index is 8.41. The first kappa shape index (κ1) is 4.14. The first-order valence-electron chi connectivity index (χ1n) is 3.41. The summed E-state index contributed by atoms with van der Waals surface area (Å²) in [4.78, 5) is 0. The normalized spacial score (nSPS) is 38.1. The maximum Gasteiger partial charge on any atom is 0.0697 e. The molecular formula is C7H9N. The molecule has 0 aromatic heterocycles. The molecule has 0 radical (unpaired) electrons. The largest absolute Gasteiger partial charge is 0.198 e. The Hall–Kier alpha value is -0.770. The monoisotopic (exact) mass is 108 g/mol. The first-order chi connectivity index (χ1) is 4.33. The van der Waals surface area contributed by atoms with Gasteiger partial charge in [0.1, 0.15) is 0 Å². The van der Waals surface area contributed by atoms with Gasteiger partial charge >= 0.3 is 0 Å². The molecule has 42 valence electrons. The molecule has 1 nitrogen and oxygen atoms in total. The van der Waals surface area contributed by atoms with Gasteiger partial charge in [0.25, 0.3) is 0 Å². The van der Waals surface area contributed by atoms with E-state index in [0.717, 1.165) is 12.8 Å². The Morgan fingerprint density at radius 3 is 3.25 bits per heavy atom. The second-order valence-electron chi connectivity index (χ2n) is 1.93. The van der Waals surface area contributed by atoms with Gasteiger partial charge in [-0.15, -0.1) is 0 Å².